The van der Waals surface area contributed by atoms with Gasteiger partial charge in [0.1, 0.15) is 11.6 Å². The summed E-state index contributed by atoms with van der Waals surface area (Å²) < 4.78 is 5.39. The van der Waals surface area contributed by atoms with E-state index < -0.39 is 5.60 Å². The number of likely N-dealkylation sites (tertiary alicyclic amines) is 1. The van der Waals surface area contributed by atoms with Crippen molar-refractivity contribution in [2.24, 2.45) is 11.1 Å². The summed E-state index contributed by atoms with van der Waals surface area (Å²) in [6.07, 6.45) is 1.26. The summed E-state index contributed by atoms with van der Waals surface area (Å²) in [7, 11) is 0. The lowest BCUT2D eigenvalue weighted by Gasteiger charge is -2.34. The molecule has 0 spiro atoms. The van der Waals surface area contributed by atoms with Gasteiger partial charge in [0.2, 0.25) is 0 Å². The van der Waals surface area contributed by atoms with Crippen LogP contribution in [-0.2, 0) is 4.74 Å². The van der Waals surface area contributed by atoms with Gasteiger partial charge < -0.3 is 9.64 Å². The summed E-state index contributed by atoms with van der Waals surface area (Å²) in [4.78, 5) is 25.0. The molecule has 0 saturated carbocycles. The van der Waals surface area contributed by atoms with Crippen molar-refractivity contribution in [2.75, 3.05) is 13.1 Å². The van der Waals surface area contributed by atoms with E-state index in [9.17, 15) is 9.70 Å². The summed E-state index contributed by atoms with van der Waals surface area (Å²) in [5.74, 6) is 0.179. The molecule has 1 aromatic rings. The van der Waals surface area contributed by atoms with Gasteiger partial charge in [0.15, 0.2) is 0 Å². The Labute approximate surface area is 131 Å². The number of carbonyl (C=O) groups excluding carboxylic acids is 1. The van der Waals surface area contributed by atoms with Crippen LogP contribution in [0.15, 0.2) is 35.5 Å². The SMILES string of the molecule is CC(C)(C)OC(=O)N1CCC(C(N=O)c2ccccc2)CC1. The molecule has 1 atom stereocenters. The third kappa shape index (κ3) is 4.29. The smallest absolute Gasteiger partial charge is 0.410 e. The van der Waals surface area contributed by atoms with Crippen LogP contribution < -0.4 is 0 Å². The summed E-state index contributed by atoms with van der Waals surface area (Å²) in [5, 5.41) is 3.33. The van der Waals surface area contributed by atoms with Crippen molar-refractivity contribution in [1.29, 1.82) is 0 Å². The van der Waals surface area contributed by atoms with Crippen LogP contribution in [0.3, 0.4) is 0 Å². The van der Waals surface area contributed by atoms with Crippen LogP contribution in [-0.4, -0.2) is 29.7 Å². The van der Waals surface area contributed by atoms with E-state index in [4.69, 9.17) is 4.74 Å². The van der Waals surface area contributed by atoms with Gasteiger partial charge in [-0.1, -0.05) is 35.5 Å². The quantitative estimate of drug-likeness (QED) is 0.788. The minimum atomic E-state index is -0.481. The molecule has 1 amide bonds. The van der Waals surface area contributed by atoms with Crippen LogP contribution in [0.2, 0.25) is 0 Å². The zero-order valence-corrected chi connectivity index (χ0v) is 13.5. The largest absolute Gasteiger partial charge is 0.444 e. The molecular weight excluding hydrogens is 280 g/mol. The fourth-order valence-corrected chi connectivity index (χ4v) is 2.79. The zero-order chi connectivity index (χ0) is 16.2. The van der Waals surface area contributed by atoms with Gasteiger partial charge in [0.25, 0.3) is 0 Å². The Balaban J connectivity index is 1.94. The normalized spacial score (nSPS) is 17.9. The first-order chi connectivity index (χ1) is 10.4. The fraction of sp³-hybridized carbons (Fsp3) is 0.588. The van der Waals surface area contributed by atoms with Gasteiger partial charge in [-0.3, -0.25) is 0 Å². The first kappa shape index (κ1) is 16.5. The Morgan fingerprint density at radius 1 is 1.23 bits per heavy atom. The maximum absolute atomic E-state index is 12.0. The molecular formula is C17H24N2O3. The van der Waals surface area contributed by atoms with E-state index in [2.05, 4.69) is 5.18 Å². The zero-order valence-electron chi connectivity index (χ0n) is 13.5. The third-order valence-corrected chi connectivity index (χ3v) is 3.89. The number of piperidine rings is 1. The highest BCUT2D eigenvalue weighted by molar-refractivity contribution is 5.68. The second-order valence-electron chi connectivity index (χ2n) is 6.77. The molecule has 1 saturated heterocycles. The molecule has 0 radical (unpaired) electrons. The van der Waals surface area contributed by atoms with Crippen LogP contribution in [0.4, 0.5) is 4.79 Å². The van der Waals surface area contributed by atoms with Crippen molar-refractivity contribution in [3.8, 4) is 0 Å². The van der Waals surface area contributed by atoms with Gasteiger partial charge in [-0.05, 0) is 45.1 Å². The number of ether oxygens (including phenoxy) is 1. The average molecular weight is 304 g/mol. The number of amides is 1. The molecule has 1 aliphatic heterocycles. The molecule has 5 nitrogen and oxygen atoms in total. The average Bonchev–Trinajstić information content (AvgIpc) is 2.48. The molecule has 0 aliphatic carbocycles. The van der Waals surface area contributed by atoms with E-state index in [-0.39, 0.29) is 18.1 Å². The summed E-state index contributed by atoms with van der Waals surface area (Å²) in [6.45, 7) is 6.80. The van der Waals surface area contributed by atoms with Gasteiger partial charge in [-0.15, -0.1) is 0 Å². The van der Waals surface area contributed by atoms with Gasteiger partial charge in [0.05, 0.1) is 0 Å². The maximum atomic E-state index is 12.0. The second kappa shape index (κ2) is 6.90. The Kier molecular flexibility index (Phi) is 5.16. The third-order valence-electron chi connectivity index (χ3n) is 3.89. The number of hydrogen-bond donors (Lipinski definition) is 0. The molecule has 2 rings (SSSR count). The molecule has 0 bridgehead atoms. The monoisotopic (exact) mass is 304 g/mol. The Hall–Kier alpha value is -1.91. The fourth-order valence-electron chi connectivity index (χ4n) is 2.79. The van der Waals surface area contributed by atoms with Crippen LogP contribution >= 0.6 is 0 Å². The van der Waals surface area contributed by atoms with E-state index in [1.54, 1.807) is 4.90 Å². The van der Waals surface area contributed by atoms with Gasteiger partial charge in [0, 0.05) is 13.1 Å². The molecule has 0 aromatic heterocycles. The van der Waals surface area contributed by atoms with Crippen molar-refractivity contribution < 1.29 is 9.53 Å². The first-order valence-corrected chi connectivity index (χ1v) is 7.76. The van der Waals surface area contributed by atoms with Crippen molar-refractivity contribution in [2.45, 2.75) is 45.3 Å². The molecule has 1 heterocycles. The molecule has 1 aromatic carbocycles. The van der Waals surface area contributed by atoms with Gasteiger partial charge in [-0.2, -0.15) is 4.91 Å². The molecule has 1 aliphatic rings. The number of carbonyl (C=O) groups is 1. The summed E-state index contributed by atoms with van der Waals surface area (Å²) in [6, 6.07) is 9.31. The number of nitroso groups, excluding NO2 is 1. The molecule has 120 valence electrons. The summed E-state index contributed by atoms with van der Waals surface area (Å²) in [5.41, 5.74) is 0.471. The number of rotatable bonds is 3. The van der Waals surface area contributed by atoms with Crippen molar-refractivity contribution in [3.05, 3.63) is 40.8 Å². The number of nitrogens with zero attached hydrogens (tertiary/aromatic N) is 2. The Bertz CT molecular complexity index is 502. The van der Waals surface area contributed by atoms with Crippen molar-refractivity contribution >= 4 is 6.09 Å². The van der Waals surface area contributed by atoms with Crippen LogP contribution in [0.25, 0.3) is 0 Å². The van der Waals surface area contributed by atoms with E-state index in [0.717, 1.165) is 18.4 Å². The summed E-state index contributed by atoms with van der Waals surface area (Å²) >= 11 is 0. The lowest BCUT2D eigenvalue weighted by Crippen LogP contribution is -2.42. The topological polar surface area (TPSA) is 59.0 Å². The maximum Gasteiger partial charge on any atom is 0.410 e. The highest BCUT2D eigenvalue weighted by Gasteiger charge is 2.31. The highest BCUT2D eigenvalue weighted by atomic mass is 16.6. The predicted molar refractivity (Wildman–Crippen MR) is 85.5 cm³/mol. The molecule has 22 heavy (non-hydrogen) atoms. The minimum Gasteiger partial charge on any atom is -0.444 e. The lowest BCUT2D eigenvalue weighted by molar-refractivity contribution is 0.0174. The molecule has 0 N–H and O–H groups in total. The standard InChI is InChI=1S/C17H24N2O3/c1-17(2,3)22-16(20)19-11-9-14(10-12-19)15(18-21)13-7-5-4-6-8-13/h4-8,14-15H,9-12H2,1-3H3. The van der Waals surface area contributed by atoms with Gasteiger partial charge in [-0.25, -0.2) is 4.79 Å². The van der Waals surface area contributed by atoms with E-state index in [0.29, 0.717) is 13.1 Å². The predicted octanol–water partition coefficient (Wildman–Crippen LogP) is 4.14. The van der Waals surface area contributed by atoms with Gasteiger partial charge >= 0.3 is 6.09 Å². The molecule has 1 unspecified atom stereocenters. The van der Waals surface area contributed by atoms with Crippen LogP contribution in [0.1, 0.15) is 45.2 Å². The van der Waals surface area contributed by atoms with Crippen LogP contribution in [0, 0.1) is 10.8 Å². The Morgan fingerprint density at radius 2 is 1.82 bits per heavy atom. The van der Waals surface area contributed by atoms with Crippen LogP contribution in [0.5, 0.6) is 0 Å². The Morgan fingerprint density at radius 3 is 2.32 bits per heavy atom. The van der Waals surface area contributed by atoms with Crippen molar-refractivity contribution in [1.82, 2.24) is 4.90 Å². The van der Waals surface area contributed by atoms with E-state index >= 15 is 0 Å². The molecule has 5 heteroatoms. The number of hydrogen-bond acceptors (Lipinski definition) is 4. The number of benzene rings is 1. The van der Waals surface area contributed by atoms with E-state index in [1.165, 1.54) is 0 Å². The minimum absolute atomic E-state index is 0.179. The van der Waals surface area contributed by atoms with E-state index in [1.807, 2.05) is 51.1 Å². The first-order valence-electron chi connectivity index (χ1n) is 7.76. The lowest BCUT2D eigenvalue weighted by atomic mass is 9.86. The van der Waals surface area contributed by atoms with Crippen molar-refractivity contribution in [3.63, 3.8) is 0 Å². The second-order valence-corrected chi connectivity index (χ2v) is 6.77. The molecule has 1 fully saturated rings. The highest BCUT2D eigenvalue weighted by Crippen LogP contribution is 2.33.